The maximum absolute atomic E-state index is 10.4. The Balaban J connectivity index is 2.43. The fourth-order valence-corrected chi connectivity index (χ4v) is 3.41. The normalized spacial score (nSPS) is 20.3. The zero-order chi connectivity index (χ0) is 12.9. The fourth-order valence-electron chi connectivity index (χ4n) is 3.41. The highest BCUT2D eigenvalue weighted by atomic mass is 16.3. The molecule has 2 heteroatoms. The quantitative estimate of drug-likeness (QED) is 0.703. The molecule has 1 aliphatic rings. The Labute approximate surface area is 107 Å². The topological polar surface area (TPSA) is 23.5 Å². The summed E-state index contributed by atoms with van der Waals surface area (Å²) in [5.41, 5.74) is 0.122. The van der Waals surface area contributed by atoms with Crippen molar-refractivity contribution in [3.05, 3.63) is 0 Å². The molecule has 0 atom stereocenters. The maximum atomic E-state index is 10.4. The Bertz CT molecular complexity index is 209. The Kier molecular flexibility index (Phi) is 5.46. The average Bonchev–Trinajstić information content (AvgIpc) is 2.27. The van der Waals surface area contributed by atoms with Crippen molar-refractivity contribution in [1.82, 2.24) is 4.90 Å². The van der Waals surface area contributed by atoms with E-state index in [4.69, 9.17) is 0 Å². The average molecular weight is 241 g/mol. The lowest BCUT2D eigenvalue weighted by Crippen LogP contribution is -2.60. The van der Waals surface area contributed by atoms with E-state index in [2.05, 4.69) is 32.6 Å². The Morgan fingerprint density at radius 2 is 1.47 bits per heavy atom. The number of rotatable bonds is 8. The van der Waals surface area contributed by atoms with Crippen LogP contribution in [0.4, 0.5) is 0 Å². The second kappa shape index (κ2) is 6.19. The van der Waals surface area contributed by atoms with E-state index in [0.717, 1.165) is 19.4 Å². The Morgan fingerprint density at radius 1 is 1.00 bits per heavy atom. The van der Waals surface area contributed by atoms with Crippen LogP contribution < -0.4 is 0 Å². The van der Waals surface area contributed by atoms with Gasteiger partial charge in [-0.15, -0.1) is 0 Å². The smallest absolute Gasteiger partial charge is 0.0768 e. The van der Waals surface area contributed by atoms with Gasteiger partial charge in [-0.2, -0.15) is 0 Å². The molecular formula is C15H31NO. The van der Waals surface area contributed by atoms with E-state index in [1.165, 1.54) is 38.8 Å². The number of hydrogen-bond donors (Lipinski definition) is 1. The summed E-state index contributed by atoms with van der Waals surface area (Å²) in [4.78, 5) is 2.46. The van der Waals surface area contributed by atoms with Gasteiger partial charge in [0.2, 0.25) is 0 Å². The molecule has 102 valence electrons. The number of nitrogens with zero attached hydrogens (tertiary/aromatic N) is 1. The van der Waals surface area contributed by atoms with E-state index in [1.54, 1.807) is 0 Å². The van der Waals surface area contributed by atoms with Gasteiger partial charge in [-0.3, -0.25) is 4.90 Å². The van der Waals surface area contributed by atoms with Crippen molar-refractivity contribution < 1.29 is 5.11 Å². The van der Waals surface area contributed by atoms with Crippen molar-refractivity contribution in [3.63, 3.8) is 0 Å². The molecule has 1 saturated heterocycles. The maximum Gasteiger partial charge on any atom is 0.0768 e. The standard InChI is InChI=1S/C15H31NO/c1-5-9-14(10-6-2)11-16(12-14)13-15(17,7-3)8-4/h17H,5-13H2,1-4H3. The highest BCUT2D eigenvalue weighted by Crippen LogP contribution is 2.40. The molecule has 0 aliphatic carbocycles. The molecule has 1 rings (SSSR count). The van der Waals surface area contributed by atoms with Crippen molar-refractivity contribution in [3.8, 4) is 0 Å². The van der Waals surface area contributed by atoms with Crippen molar-refractivity contribution >= 4 is 0 Å². The van der Waals surface area contributed by atoms with Gasteiger partial charge in [-0.25, -0.2) is 0 Å². The second-order valence-electron chi connectivity index (χ2n) is 6.08. The summed E-state index contributed by atoms with van der Waals surface area (Å²) >= 11 is 0. The largest absolute Gasteiger partial charge is 0.389 e. The minimum atomic E-state index is -0.454. The van der Waals surface area contributed by atoms with E-state index in [0.29, 0.717) is 5.41 Å². The number of likely N-dealkylation sites (tertiary alicyclic amines) is 1. The molecule has 1 fully saturated rings. The molecule has 17 heavy (non-hydrogen) atoms. The van der Waals surface area contributed by atoms with E-state index in [1.807, 2.05) is 0 Å². The van der Waals surface area contributed by atoms with Gasteiger partial charge < -0.3 is 5.11 Å². The minimum Gasteiger partial charge on any atom is -0.389 e. The van der Waals surface area contributed by atoms with Crippen LogP contribution >= 0.6 is 0 Å². The third-order valence-corrected chi connectivity index (χ3v) is 4.51. The first-order valence-electron chi connectivity index (χ1n) is 7.48. The monoisotopic (exact) mass is 241 g/mol. The number of β-amino-alcohol motifs (C(OH)–C–C–N with tert-alkyl or cyclic N) is 1. The van der Waals surface area contributed by atoms with Crippen LogP contribution in [0.1, 0.15) is 66.2 Å². The lowest BCUT2D eigenvalue weighted by Gasteiger charge is -2.53. The number of hydrogen-bond acceptors (Lipinski definition) is 2. The lowest BCUT2D eigenvalue weighted by molar-refractivity contribution is -0.0779. The van der Waals surface area contributed by atoms with E-state index in [-0.39, 0.29) is 0 Å². The molecular weight excluding hydrogens is 210 g/mol. The molecule has 0 unspecified atom stereocenters. The SMILES string of the molecule is CCCC1(CCC)CN(CC(O)(CC)CC)C1. The summed E-state index contributed by atoms with van der Waals surface area (Å²) in [5, 5.41) is 10.4. The molecule has 1 aliphatic heterocycles. The second-order valence-corrected chi connectivity index (χ2v) is 6.08. The van der Waals surface area contributed by atoms with Crippen LogP contribution in [0.25, 0.3) is 0 Å². The van der Waals surface area contributed by atoms with Gasteiger partial charge in [-0.1, -0.05) is 40.5 Å². The van der Waals surface area contributed by atoms with Crippen LogP contribution in [0.5, 0.6) is 0 Å². The molecule has 0 aromatic rings. The summed E-state index contributed by atoms with van der Waals surface area (Å²) in [6.07, 6.45) is 7.03. The summed E-state index contributed by atoms with van der Waals surface area (Å²) < 4.78 is 0. The molecule has 1 N–H and O–H groups in total. The predicted molar refractivity (Wildman–Crippen MR) is 74.2 cm³/mol. The van der Waals surface area contributed by atoms with Crippen LogP contribution in [-0.4, -0.2) is 35.2 Å². The molecule has 2 nitrogen and oxygen atoms in total. The summed E-state index contributed by atoms with van der Waals surface area (Å²) in [6, 6.07) is 0. The third kappa shape index (κ3) is 3.69. The first kappa shape index (κ1) is 15.0. The fraction of sp³-hybridized carbons (Fsp3) is 1.00. The molecule has 0 aromatic carbocycles. The van der Waals surface area contributed by atoms with E-state index in [9.17, 15) is 5.11 Å². The Morgan fingerprint density at radius 3 is 1.82 bits per heavy atom. The molecule has 0 radical (unpaired) electrons. The van der Waals surface area contributed by atoms with Crippen molar-refractivity contribution in [2.45, 2.75) is 71.8 Å². The van der Waals surface area contributed by atoms with Gasteiger partial charge in [0, 0.05) is 19.6 Å². The first-order valence-corrected chi connectivity index (χ1v) is 7.48. The van der Waals surface area contributed by atoms with Crippen molar-refractivity contribution in [2.24, 2.45) is 5.41 Å². The highest BCUT2D eigenvalue weighted by Gasteiger charge is 2.43. The molecule has 0 saturated carbocycles. The highest BCUT2D eigenvalue weighted by molar-refractivity contribution is 4.96. The molecule has 0 bridgehead atoms. The lowest BCUT2D eigenvalue weighted by atomic mass is 9.72. The van der Waals surface area contributed by atoms with Crippen LogP contribution in [0, 0.1) is 5.41 Å². The minimum absolute atomic E-state index is 0.454. The summed E-state index contributed by atoms with van der Waals surface area (Å²) in [7, 11) is 0. The molecule has 0 aromatic heterocycles. The van der Waals surface area contributed by atoms with Gasteiger partial charge >= 0.3 is 0 Å². The van der Waals surface area contributed by atoms with Gasteiger partial charge in [0.05, 0.1) is 5.60 Å². The van der Waals surface area contributed by atoms with Gasteiger partial charge in [-0.05, 0) is 31.1 Å². The van der Waals surface area contributed by atoms with E-state index >= 15 is 0 Å². The van der Waals surface area contributed by atoms with Gasteiger partial charge in [0.15, 0.2) is 0 Å². The van der Waals surface area contributed by atoms with Crippen molar-refractivity contribution in [1.29, 1.82) is 0 Å². The zero-order valence-corrected chi connectivity index (χ0v) is 12.3. The van der Waals surface area contributed by atoms with Gasteiger partial charge in [0.25, 0.3) is 0 Å². The van der Waals surface area contributed by atoms with Crippen LogP contribution in [0.15, 0.2) is 0 Å². The molecule has 1 heterocycles. The third-order valence-electron chi connectivity index (χ3n) is 4.51. The van der Waals surface area contributed by atoms with Gasteiger partial charge in [0.1, 0.15) is 0 Å². The number of aliphatic hydroxyl groups is 1. The van der Waals surface area contributed by atoms with E-state index < -0.39 is 5.60 Å². The van der Waals surface area contributed by atoms with Crippen LogP contribution in [-0.2, 0) is 0 Å². The van der Waals surface area contributed by atoms with Crippen LogP contribution in [0.3, 0.4) is 0 Å². The zero-order valence-electron chi connectivity index (χ0n) is 12.3. The molecule has 0 amide bonds. The van der Waals surface area contributed by atoms with Crippen LogP contribution in [0.2, 0.25) is 0 Å². The molecule has 0 spiro atoms. The van der Waals surface area contributed by atoms with Crippen molar-refractivity contribution in [2.75, 3.05) is 19.6 Å². The predicted octanol–water partition coefficient (Wildman–Crippen LogP) is 3.44. The Hall–Kier alpha value is -0.0800. The summed E-state index contributed by atoms with van der Waals surface area (Å²) in [5.74, 6) is 0. The first-order chi connectivity index (χ1) is 8.03. The summed E-state index contributed by atoms with van der Waals surface area (Å²) in [6.45, 7) is 12.0.